The summed E-state index contributed by atoms with van der Waals surface area (Å²) in [5, 5.41) is 6.09. The highest BCUT2D eigenvalue weighted by Crippen LogP contribution is 2.26. The lowest BCUT2D eigenvalue weighted by Crippen LogP contribution is -2.37. The molecule has 198 valence electrons. The maximum atomic E-state index is 14.7. The van der Waals surface area contributed by atoms with Gasteiger partial charge < -0.3 is 23.8 Å². The molecule has 0 spiro atoms. The van der Waals surface area contributed by atoms with E-state index < -0.39 is 5.82 Å². The fourth-order valence-electron chi connectivity index (χ4n) is 4.66. The number of hydrogen-bond donors (Lipinski definition) is 0. The van der Waals surface area contributed by atoms with Gasteiger partial charge in [-0.25, -0.2) is 4.39 Å². The Morgan fingerprint density at radius 2 is 2.05 bits per heavy atom. The standard InChI is InChI=1S/C27H33FN4O4S/c1-18(2)26-29-27(36-30-26)31-10-6-21(7-11-31)34-12-13-35-22-4-3-20(23(28)16-22)15-25(33)32-9-5-19-8-14-37-24(19)17-32/h3-4,8,14,16,18,21H,5-7,9-13,15,17H2,1-2H3. The molecule has 5 rings (SSSR count). The summed E-state index contributed by atoms with van der Waals surface area (Å²) in [4.78, 5) is 22.3. The summed E-state index contributed by atoms with van der Waals surface area (Å²) < 4.78 is 31.7. The smallest absolute Gasteiger partial charge is 0.324 e. The van der Waals surface area contributed by atoms with Gasteiger partial charge in [-0.2, -0.15) is 4.98 Å². The number of nitrogens with zero attached hydrogens (tertiary/aromatic N) is 4. The van der Waals surface area contributed by atoms with E-state index in [2.05, 4.69) is 26.5 Å². The lowest BCUT2D eigenvalue weighted by molar-refractivity contribution is -0.131. The first kappa shape index (κ1) is 25.7. The van der Waals surface area contributed by atoms with Crippen LogP contribution in [0, 0.1) is 5.82 Å². The molecule has 0 unspecified atom stereocenters. The van der Waals surface area contributed by atoms with E-state index in [4.69, 9.17) is 14.0 Å². The molecule has 1 saturated heterocycles. The molecule has 4 heterocycles. The molecule has 0 bridgehead atoms. The van der Waals surface area contributed by atoms with Gasteiger partial charge >= 0.3 is 6.01 Å². The fraction of sp³-hybridized carbons (Fsp3) is 0.519. The van der Waals surface area contributed by atoms with Crippen molar-refractivity contribution < 1.29 is 23.2 Å². The molecule has 0 aliphatic carbocycles. The second kappa shape index (κ2) is 11.6. The molecule has 0 N–H and O–H groups in total. The van der Waals surface area contributed by atoms with Crippen molar-refractivity contribution in [3.8, 4) is 5.75 Å². The van der Waals surface area contributed by atoms with Crippen LogP contribution in [0.15, 0.2) is 34.2 Å². The average molecular weight is 529 g/mol. The van der Waals surface area contributed by atoms with Crippen LogP contribution in [-0.2, 0) is 28.9 Å². The number of piperidine rings is 1. The minimum atomic E-state index is -0.422. The number of benzene rings is 1. The molecule has 2 aromatic heterocycles. The quantitative estimate of drug-likeness (QED) is 0.376. The first-order valence-electron chi connectivity index (χ1n) is 12.9. The number of halogens is 1. The second-order valence-electron chi connectivity index (χ2n) is 9.86. The summed E-state index contributed by atoms with van der Waals surface area (Å²) >= 11 is 1.67. The summed E-state index contributed by atoms with van der Waals surface area (Å²) in [6.45, 7) is 7.71. The third-order valence-electron chi connectivity index (χ3n) is 6.91. The number of thiophene rings is 1. The maximum absolute atomic E-state index is 14.7. The summed E-state index contributed by atoms with van der Waals surface area (Å²) in [5.74, 6) is 0.923. The van der Waals surface area contributed by atoms with Gasteiger partial charge in [0.2, 0.25) is 5.91 Å². The van der Waals surface area contributed by atoms with Crippen molar-refractivity contribution in [1.82, 2.24) is 15.0 Å². The van der Waals surface area contributed by atoms with E-state index in [0.29, 0.717) is 43.6 Å². The van der Waals surface area contributed by atoms with Gasteiger partial charge in [0.15, 0.2) is 5.82 Å². The first-order chi connectivity index (χ1) is 18.0. The molecular formula is C27H33FN4O4S. The van der Waals surface area contributed by atoms with Crippen LogP contribution in [0.25, 0.3) is 0 Å². The van der Waals surface area contributed by atoms with Crippen molar-refractivity contribution in [1.29, 1.82) is 0 Å². The molecule has 3 aromatic rings. The van der Waals surface area contributed by atoms with E-state index >= 15 is 0 Å². The molecule has 2 aliphatic rings. The van der Waals surface area contributed by atoms with Crippen LogP contribution in [0.1, 0.15) is 54.4 Å². The number of carbonyl (C=O) groups is 1. The molecule has 1 fully saturated rings. The van der Waals surface area contributed by atoms with Crippen molar-refractivity contribution in [2.45, 2.75) is 58.1 Å². The number of rotatable bonds is 9. The number of carbonyl (C=O) groups excluding carboxylic acids is 1. The van der Waals surface area contributed by atoms with Crippen molar-refractivity contribution in [3.05, 3.63) is 57.3 Å². The normalized spacial score (nSPS) is 16.3. The highest BCUT2D eigenvalue weighted by atomic mass is 32.1. The van der Waals surface area contributed by atoms with Crippen molar-refractivity contribution >= 4 is 23.3 Å². The second-order valence-corrected chi connectivity index (χ2v) is 10.9. The molecule has 1 aromatic carbocycles. The number of aromatic nitrogens is 2. The van der Waals surface area contributed by atoms with Crippen LogP contribution < -0.4 is 9.64 Å². The van der Waals surface area contributed by atoms with E-state index in [-0.39, 0.29) is 24.3 Å². The third kappa shape index (κ3) is 6.30. The Morgan fingerprint density at radius 1 is 1.22 bits per heavy atom. The Balaban J connectivity index is 1.02. The lowest BCUT2D eigenvalue weighted by atomic mass is 10.1. The molecule has 10 heteroatoms. The Hall–Kier alpha value is -2.98. The highest BCUT2D eigenvalue weighted by Gasteiger charge is 2.25. The molecule has 8 nitrogen and oxygen atoms in total. The highest BCUT2D eigenvalue weighted by molar-refractivity contribution is 7.10. The Kier molecular flexibility index (Phi) is 8.05. The molecule has 2 aliphatic heterocycles. The molecule has 1 amide bonds. The monoisotopic (exact) mass is 528 g/mol. The third-order valence-corrected chi connectivity index (χ3v) is 7.86. The van der Waals surface area contributed by atoms with Crippen LogP contribution in [0.3, 0.4) is 0 Å². The van der Waals surface area contributed by atoms with Gasteiger partial charge in [0.05, 0.1) is 25.7 Å². The van der Waals surface area contributed by atoms with E-state index in [1.54, 1.807) is 23.5 Å². The molecule has 0 radical (unpaired) electrons. The van der Waals surface area contributed by atoms with E-state index in [9.17, 15) is 9.18 Å². The number of amides is 1. The predicted molar refractivity (Wildman–Crippen MR) is 139 cm³/mol. The maximum Gasteiger partial charge on any atom is 0.324 e. The number of fused-ring (bicyclic) bond motifs is 1. The van der Waals surface area contributed by atoms with E-state index in [1.165, 1.54) is 16.5 Å². The van der Waals surface area contributed by atoms with Crippen molar-refractivity contribution in [2.24, 2.45) is 0 Å². The molecule has 0 atom stereocenters. The lowest BCUT2D eigenvalue weighted by Gasteiger charge is -2.30. The summed E-state index contributed by atoms with van der Waals surface area (Å²) in [6.07, 6.45) is 2.77. The molecule has 37 heavy (non-hydrogen) atoms. The van der Waals surface area contributed by atoms with Crippen molar-refractivity contribution in [2.75, 3.05) is 37.7 Å². The van der Waals surface area contributed by atoms with Gasteiger partial charge in [-0.15, -0.1) is 11.3 Å². The first-order valence-corrected chi connectivity index (χ1v) is 13.8. The summed E-state index contributed by atoms with van der Waals surface area (Å²) in [7, 11) is 0. The largest absolute Gasteiger partial charge is 0.491 e. The van der Waals surface area contributed by atoms with Gasteiger partial charge in [0.1, 0.15) is 18.2 Å². The van der Waals surface area contributed by atoms with Gasteiger partial charge in [-0.1, -0.05) is 25.1 Å². The van der Waals surface area contributed by atoms with Crippen molar-refractivity contribution in [3.63, 3.8) is 0 Å². The Labute approximate surface area is 220 Å². The Morgan fingerprint density at radius 3 is 2.81 bits per heavy atom. The zero-order valence-corrected chi connectivity index (χ0v) is 22.1. The molecule has 0 saturated carbocycles. The Bertz CT molecular complexity index is 1200. The topological polar surface area (TPSA) is 80.9 Å². The fourth-order valence-corrected chi connectivity index (χ4v) is 5.61. The van der Waals surface area contributed by atoms with Crippen LogP contribution in [0.5, 0.6) is 5.75 Å². The van der Waals surface area contributed by atoms with Crippen LogP contribution in [0.2, 0.25) is 0 Å². The minimum Gasteiger partial charge on any atom is -0.491 e. The number of hydrogen-bond acceptors (Lipinski definition) is 8. The SMILES string of the molecule is CC(C)c1noc(N2CCC(OCCOc3ccc(CC(=O)N4CCc5ccsc5C4)c(F)c3)CC2)n1. The zero-order chi connectivity index (χ0) is 25.8. The van der Waals surface area contributed by atoms with Gasteiger partial charge in [0, 0.05) is 36.5 Å². The van der Waals surface area contributed by atoms with Gasteiger partial charge in [-0.05, 0) is 47.9 Å². The predicted octanol–water partition coefficient (Wildman–Crippen LogP) is 4.59. The number of anilines is 1. The molecular weight excluding hydrogens is 495 g/mol. The van der Waals surface area contributed by atoms with Crippen LogP contribution in [-0.4, -0.2) is 59.9 Å². The average Bonchev–Trinajstić information content (AvgIpc) is 3.58. The van der Waals surface area contributed by atoms with E-state index in [0.717, 1.165) is 38.2 Å². The number of ether oxygens (including phenoxy) is 2. The summed E-state index contributed by atoms with van der Waals surface area (Å²) in [5.41, 5.74) is 1.71. The van der Waals surface area contributed by atoms with Gasteiger partial charge in [-0.3, -0.25) is 4.79 Å². The summed E-state index contributed by atoms with van der Waals surface area (Å²) in [6, 6.07) is 7.40. The van der Waals surface area contributed by atoms with Gasteiger partial charge in [0.25, 0.3) is 0 Å². The zero-order valence-electron chi connectivity index (χ0n) is 21.3. The minimum absolute atomic E-state index is 0.0504. The van der Waals surface area contributed by atoms with E-state index in [1.807, 2.05) is 18.7 Å². The van der Waals surface area contributed by atoms with Crippen LogP contribution >= 0.6 is 11.3 Å². The van der Waals surface area contributed by atoms with Crippen LogP contribution in [0.4, 0.5) is 10.4 Å².